The zero-order chi connectivity index (χ0) is 26.9. The van der Waals surface area contributed by atoms with E-state index in [1.54, 1.807) is 19.1 Å². The van der Waals surface area contributed by atoms with Crippen molar-refractivity contribution in [1.82, 2.24) is 4.90 Å². The summed E-state index contributed by atoms with van der Waals surface area (Å²) in [6, 6.07) is 14.3. The molecule has 2 fully saturated rings. The maximum atomic E-state index is 13.8. The summed E-state index contributed by atoms with van der Waals surface area (Å²) in [6.45, 7) is 4.33. The van der Waals surface area contributed by atoms with E-state index in [9.17, 15) is 14.7 Å². The lowest BCUT2D eigenvalue weighted by Crippen LogP contribution is -2.58. The molecule has 4 unspecified atom stereocenters. The van der Waals surface area contributed by atoms with Crippen LogP contribution in [0.5, 0.6) is 5.75 Å². The third-order valence-corrected chi connectivity index (χ3v) is 8.58. The number of benzene rings is 2. The van der Waals surface area contributed by atoms with Crippen LogP contribution in [0.25, 0.3) is 11.0 Å². The minimum atomic E-state index is -0.769. The number of fused-ring (bicyclic) bond motifs is 2. The predicted molar refractivity (Wildman–Crippen MR) is 149 cm³/mol. The predicted octanol–water partition coefficient (Wildman–Crippen LogP) is 6.45. The van der Waals surface area contributed by atoms with E-state index in [0.29, 0.717) is 29.3 Å². The van der Waals surface area contributed by atoms with Crippen molar-refractivity contribution in [3.63, 3.8) is 0 Å². The average Bonchev–Trinajstić information content (AvgIpc) is 2.90. The number of aryl methyl sites for hydroxylation is 1. The van der Waals surface area contributed by atoms with E-state index in [4.69, 9.17) is 20.8 Å². The maximum absolute atomic E-state index is 13.8. The fourth-order valence-electron chi connectivity index (χ4n) is 6.35. The second-order valence-electron chi connectivity index (χ2n) is 10.8. The number of amides is 1. The molecule has 1 saturated heterocycles. The number of hydrogen-bond acceptors (Lipinski definition) is 5. The first-order chi connectivity index (χ1) is 18.3. The highest BCUT2D eigenvalue weighted by Crippen LogP contribution is 2.49. The minimum Gasteiger partial charge on any atom is -0.481 e. The SMILES string of the molecule is CCCCc1cc(=O)oc2cc(OC(C)C(=O)N3CCC4(O)CCCCC4C3c3ccc(Cl)cc3)ccc12. The van der Waals surface area contributed by atoms with Crippen molar-refractivity contribution >= 4 is 28.5 Å². The lowest BCUT2D eigenvalue weighted by atomic mass is 9.66. The van der Waals surface area contributed by atoms with Gasteiger partial charge in [-0.05, 0) is 74.4 Å². The molecule has 2 aromatic carbocycles. The molecule has 1 aliphatic carbocycles. The zero-order valence-electron chi connectivity index (χ0n) is 22.1. The molecule has 4 atom stereocenters. The summed E-state index contributed by atoms with van der Waals surface area (Å²) >= 11 is 6.16. The van der Waals surface area contributed by atoms with Crippen LogP contribution in [0, 0.1) is 5.92 Å². The van der Waals surface area contributed by atoms with Crippen molar-refractivity contribution in [1.29, 1.82) is 0 Å². The van der Waals surface area contributed by atoms with Gasteiger partial charge in [-0.15, -0.1) is 0 Å². The van der Waals surface area contributed by atoms with Crippen LogP contribution in [0.2, 0.25) is 5.02 Å². The summed E-state index contributed by atoms with van der Waals surface area (Å²) in [5.41, 5.74) is 1.25. The normalized spacial score (nSPS) is 24.2. The largest absolute Gasteiger partial charge is 0.481 e. The highest BCUT2D eigenvalue weighted by Gasteiger charge is 2.50. The van der Waals surface area contributed by atoms with Gasteiger partial charge in [0.1, 0.15) is 11.3 Å². The van der Waals surface area contributed by atoms with Crippen molar-refractivity contribution in [3.8, 4) is 5.75 Å². The molecule has 1 saturated carbocycles. The van der Waals surface area contributed by atoms with Crippen molar-refractivity contribution in [2.24, 2.45) is 5.92 Å². The molecule has 2 aliphatic rings. The lowest BCUT2D eigenvalue weighted by Gasteiger charge is -2.53. The van der Waals surface area contributed by atoms with Gasteiger partial charge in [0.15, 0.2) is 6.10 Å². The highest BCUT2D eigenvalue weighted by atomic mass is 35.5. The molecule has 5 rings (SSSR count). The Morgan fingerprint density at radius 1 is 1.18 bits per heavy atom. The van der Waals surface area contributed by atoms with Gasteiger partial charge in [0.05, 0.1) is 11.6 Å². The highest BCUT2D eigenvalue weighted by molar-refractivity contribution is 6.30. The quantitative estimate of drug-likeness (QED) is 0.350. The topological polar surface area (TPSA) is 80.0 Å². The average molecular weight is 538 g/mol. The van der Waals surface area contributed by atoms with E-state index in [1.165, 1.54) is 0 Å². The Balaban J connectivity index is 1.40. The molecule has 38 heavy (non-hydrogen) atoms. The van der Waals surface area contributed by atoms with Crippen molar-refractivity contribution in [3.05, 3.63) is 75.1 Å². The number of piperidine rings is 1. The van der Waals surface area contributed by atoms with Gasteiger partial charge < -0.3 is 19.2 Å². The standard InChI is InChI=1S/C31H36ClNO5/c1-3-4-7-22-18-28(34)38-27-19-24(13-14-25(22)27)37-20(2)30(35)33-17-16-31(36)15-6-5-8-26(31)29(33)21-9-11-23(32)12-10-21/h9-14,18-20,26,29,36H,3-8,15-17H2,1-2H3. The van der Waals surface area contributed by atoms with E-state index in [-0.39, 0.29) is 23.5 Å². The van der Waals surface area contributed by atoms with Crippen LogP contribution in [0.15, 0.2) is 57.7 Å². The summed E-state index contributed by atoms with van der Waals surface area (Å²) in [6.07, 6.45) is 6.30. The maximum Gasteiger partial charge on any atom is 0.336 e. The molecule has 2 heterocycles. The van der Waals surface area contributed by atoms with Gasteiger partial charge >= 0.3 is 5.63 Å². The number of likely N-dealkylation sites (tertiary alicyclic amines) is 1. The van der Waals surface area contributed by atoms with E-state index in [1.807, 2.05) is 41.3 Å². The second-order valence-corrected chi connectivity index (χ2v) is 11.3. The Morgan fingerprint density at radius 3 is 2.74 bits per heavy atom. The third-order valence-electron chi connectivity index (χ3n) is 8.32. The molecule has 6 nitrogen and oxygen atoms in total. The molecule has 202 valence electrons. The molecule has 0 spiro atoms. The first-order valence-electron chi connectivity index (χ1n) is 13.8. The number of carbonyl (C=O) groups excluding carboxylic acids is 1. The van der Waals surface area contributed by atoms with Crippen LogP contribution in [0.1, 0.15) is 76.0 Å². The van der Waals surface area contributed by atoms with Crippen LogP contribution in [0.4, 0.5) is 0 Å². The summed E-state index contributed by atoms with van der Waals surface area (Å²) < 4.78 is 11.6. The van der Waals surface area contributed by atoms with Crippen LogP contribution >= 0.6 is 11.6 Å². The number of aliphatic hydroxyl groups is 1. The van der Waals surface area contributed by atoms with Crippen molar-refractivity contribution in [2.45, 2.75) is 83.0 Å². The van der Waals surface area contributed by atoms with E-state index in [2.05, 4.69) is 6.92 Å². The van der Waals surface area contributed by atoms with Crippen LogP contribution in [-0.4, -0.2) is 34.2 Å². The van der Waals surface area contributed by atoms with E-state index < -0.39 is 11.7 Å². The molecule has 1 aliphatic heterocycles. The second kappa shape index (κ2) is 11.1. The van der Waals surface area contributed by atoms with Gasteiger partial charge in [-0.1, -0.05) is 49.9 Å². The Hall–Kier alpha value is -2.83. The zero-order valence-corrected chi connectivity index (χ0v) is 22.9. The summed E-state index contributed by atoms with van der Waals surface area (Å²) in [4.78, 5) is 27.9. The Kier molecular flexibility index (Phi) is 7.83. The molecular formula is C31H36ClNO5. The summed E-state index contributed by atoms with van der Waals surface area (Å²) in [7, 11) is 0. The number of hydrogen-bond donors (Lipinski definition) is 1. The molecule has 1 aromatic heterocycles. The molecule has 1 N–H and O–H groups in total. The van der Waals surface area contributed by atoms with Gasteiger partial charge in [0.25, 0.3) is 5.91 Å². The number of ether oxygens (including phenoxy) is 1. The number of unbranched alkanes of at least 4 members (excludes halogenated alkanes) is 1. The summed E-state index contributed by atoms with van der Waals surface area (Å²) in [5.74, 6) is 0.304. The van der Waals surface area contributed by atoms with Crippen LogP contribution in [0.3, 0.4) is 0 Å². The van der Waals surface area contributed by atoms with Gasteiger partial charge in [0, 0.05) is 35.0 Å². The van der Waals surface area contributed by atoms with Crippen molar-refractivity contribution < 1.29 is 19.1 Å². The van der Waals surface area contributed by atoms with Crippen LogP contribution < -0.4 is 10.4 Å². The van der Waals surface area contributed by atoms with Gasteiger partial charge in [-0.3, -0.25) is 4.79 Å². The number of rotatable bonds is 7. The molecular weight excluding hydrogens is 502 g/mol. The first-order valence-corrected chi connectivity index (χ1v) is 14.2. The molecule has 3 aromatic rings. The van der Waals surface area contributed by atoms with Gasteiger partial charge in [0.2, 0.25) is 0 Å². The molecule has 7 heteroatoms. The van der Waals surface area contributed by atoms with Crippen LogP contribution in [-0.2, 0) is 11.2 Å². The monoisotopic (exact) mass is 537 g/mol. The Morgan fingerprint density at radius 2 is 1.97 bits per heavy atom. The Bertz CT molecular complexity index is 1350. The number of halogens is 1. The van der Waals surface area contributed by atoms with E-state index in [0.717, 1.165) is 61.5 Å². The van der Waals surface area contributed by atoms with Gasteiger partial charge in [-0.25, -0.2) is 4.79 Å². The Labute approximate surface area is 228 Å². The fraction of sp³-hybridized carbons (Fsp3) is 0.484. The van der Waals surface area contributed by atoms with E-state index >= 15 is 0 Å². The molecule has 1 amide bonds. The number of carbonyl (C=O) groups is 1. The molecule has 0 bridgehead atoms. The first kappa shape index (κ1) is 26.8. The molecule has 0 radical (unpaired) electrons. The van der Waals surface area contributed by atoms with Crippen molar-refractivity contribution in [2.75, 3.05) is 6.54 Å². The lowest BCUT2D eigenvalue weighted by molar-refractivity contribution is -0.161. The third kappa shape index (κ3) is 5.34. The smallest absolute Gasteiger partial charge is 0.336 e. The number of nitrogens with zero attached hydrogens (tertiary/aromatic N) is 1. The minimum absolute atomic E-state index is 0.0428. The summed E-state index contributed by atoms with van der Waals surface area (Å²) in [5, 5.41) is 13.0. The fourth-order valence-corrected chi connectivity index (χ4v) is 6.47. The van der Waals surface area contributed by atoms with Gasteiger partial charge in [-0.2, -0.15) is 0 Å².